The third kappa shape index (κ3) is 9.83. The Morgan fingerprint density at radius 2 is 1.74 bits per heavy atom. The minimum atomic E-state index is -1.32. The van der Waals surface area contributed by atoms with Crippen molar-refractivity contribution in [3.05, 3.63) is 29.8 Å². The smallest absolute Gasteiger partial charge is 0.305 e. The number of unbranched alkanes of at least 4 members (excludes halogenated alkanes) is 1. The fourth-order valence-corrected chi connectivity index (χ4v) is 3.39. The molecule has 3 atom stereocenters. The highest BCUT2D eigenvalue weighted by atomic mass is 16.4. The lowest BCUT2D eigenvalue weighted by atomic mass is 9.99. The molecular formula is C24H36N4O7. The van der Waals surface area contributed by atoms with E-state index in [4.69, 9.17) is 16.6 Å². The number of nitrogens with zero attached hydrogens (tertiary/aromatic N) is 1. The number of phenolic OH excluding ortho intramolecular Hbond substituents is 1. The molecule has 1 aromatic rings. The molecule has 1 aromatic carbocycles. The van der Waals surface area contributed by atoms with Crippen molar-refractivity contribution in [2.45, 2.75) is 70.5 Å². The number of aryl methyl sites for hydroxylation is 1. The van der Waals surface area contributed by atoms with Gasteiger partial charge in [-0.3, -0.25) is 24.1 Å². The molecule has 0 radical (unpaired) electrons. The molecule has 194 valence electrons. The summed E-state index contributed by atoms with van der Waals surface area (Å²) in [5.41, 5.74) is 12.3. The van der Waals surface area contributed by atoms with E-state index in [0.717, 1.165) is 10.5 Å². The molecule has 0 aromatic heterocycles. The second-order valence-electron chi connectivity index (χ2n) is 8.69. The van der Waals surface area contributed by atoms with Crippen LogP contribution in [-0.2, 0) is 30.4 Å². The van der Waals surface area contributed by atoms with Gasteiger partial charge in [0.1, 0.15) is 18.1 Å². The molecule has 1 unspecified atom stereocenters. The van der Waals surface area contributed by atoms with Crippen LogP contribution in [-0.4, -0.2) is 69.8 Å². The van der Waals surface area contributed by atoms with Gasteiger partial charge in [0.05, 0.1) is 18.5 Å². The molecule has 7 N–H and O–H groups in total. The molecule has 1 rings (SSSR count). The molecule has 0 aliphatic carbocycles. The van der Waals surface area contributed by atoms with Gasteiger partial charge >= 0.3 is 5.97 Å². The summed E-state index contributed by atoms with van der Waals surface area (Å²) in [5.74, 6) is -3.72. The number of aldehydes is 1. The van der Waals surface area contributed by atoms with Crippen molar-refractivity contribution in [3.63, 3.8) is 0 Å². The van der Waals surface area contributed by atoms with Gasteiger partial charge in [0.25, 0.3) is 0 Å². The van der Waals surface area contributed by atoms with Gasteiger partial charge in [-0.1, -0.05) is 26.0 Å². The van der Waals surface area contributed by atoms with E-state index in [9.17, 15) is 29.1 Å². The number of amides is 3. The first-order chi connectivity index (χ1) is 16.5. The zero-order valence-corrected chi connectivity index (χ0v) is 20.2. The third-order valence-electron chi connectivity index (χ3n) is 5.51. The van der Waals surface area contributed by atoms with E-state index in [2.05, 4.69) is 5.32 Å². The summed E-state index contributed by atoms with van der Waals surface area (Å²) in [5, 5.41) is 20.8. The van der Waals surface area contributed by atoms with Crippen molar-refractivity contribution in [3.8, 4) is 5.75 Å². The van der Waals surface area contributed by atoms with Gasteiger partial charge in [0, 0.05) is 6.42 Å². The lowest BCUT2D eigenvalue weighted by molar-refractivity contribution is -0.154. The minimum Gasteiger partial charge on any atom is -0.508 e. The van der Waals surface area contributed by atoms with Crippen LogP contribution >= 0.6 is 0 Å². The van der Waals surface area contributed by atoms with Gasteiger partial charge in [0.2, 0.25) is 17.7 Å². The number of imide groups is 1. The highest BCUT2D eigenvalue weighted by Gasteiger charge is 2.38. The van der Waals surface area contributed by atoms with Gasteiger partial charge in [-0.15, -0.1) is 0 Å². The van der Waals surface area contributed by atoms with Crippen molar-refractivity contribution in [2.24, 2.45) is 17.4 Å². The van der Waals surface area contributed by atoms with E-state index in [1.165, 1.54) is 12.1 Å². The lowest BCUT2D eigenvalue weighted by Gasteiger charge is -2.33. The van der Waals surface area contributed by atoms with Crippen molar-refractivity contribution in [1.29, 1.82) is 0 Å². The molecule has 35 heavy (non-hydrogen) atoms. The molecule has 0 aliphatic heterocycles. The number of benzene rings is 1. The van der Waals surface area contributed by atoms with Crippen LogP contribution in [0.25, 0.3) is 0 Å². The summed E-state index contributed by atoms with van der Waals surface area (Å²) in [6, 6.07) is 2.56. The van der Waals surface area contributed by atoms with Crippen LogP contribution in [0.5, 0.6) is 5.75 Å². The number of hydrogen-bond donors (Lipinski definition) is 5. The Morgan fingerprint density at radius 3 is 2.26 bits per heavy atom. The van der Waals surface area contributed by atoms with Gasteiger partial charge < -0.3 is 31.8 Å². The Labute approximate surface area is 204 Å². The molecule has 0 fully saturated rings. The second-order valence-corrected chi connectivity index (χ2v) is 8.69. The van der Waals surface area contributed by atoms with Crippen molar-refractivity contribution in [1.82, 2.24) is 10.2 Å². The average molecular weight is 493 g/mol. The van der Waals surface area contributed by atoms with Crippen molar-refractivity contribution < 1.29 is 34.2 Å². The first-order valence-electron chi connectivity index (χ1n) is 11.6. The maximum absolute atomic E-state index is 13.3. The number of hydrogen-bond acceptors (Lipinski definition) is 8. The molecule has 0 spiro atoms. The normalized spacial score (nSPS) is 13.5. The molecule has 0 heterocycles. The Balaban J connectivity index is 3.26. The standard InChI is InChI=1S/C24H36N4O7/c1-15(2)22(26)24(35)28(20(31)11-8-16-6-9-18(30)10-7-16)19(5-3-4-12-25)23(34)27-17(14-29)13-21(32)33/h6-7,9-10,14-15,17,19,22,30H,3-5,8,11-13,25-26H2,1-2H3,(H,27,34)(H,32,33)/t17?,19-,22-/m0/s1. The zero-order chi connectivity index (χ0) is 26.5. The maximum Gasteiger partial charge on any atom is 0.305 e. The van der Waals surface area contributed by atoms with E-state index in [1.807, 2.05) is 0 Å². The monoisotopic (exact) mass is 492 g/mol. The summed E-state index contributed by atoms with van der Waals surface area (Å²) < 4.78 is 0. The number of nitrogens with one attached hydrogen (secondary N) is 1. The summed E-state index contributed by atoms with van der Waals surface area (Å²) in [7, 11) is 0. The molecule has 0 aliphatic rings. The summed E-state index contributed by atoms with van der Waals surface area (Å²) >= 11 is 0. The number of rotatable bonds is 15. The SMILES string of the molecule is CC(C)[C@H](N)C(=O)N(C(=O)CCc1ccc(O)cc1)[C@@H](CCCCN)C(=O)NC(C=O)CC(=O)O. The van der Waals surface area contributed by atoms with Crippen LogP contribution in [0.1, 0.15) is 51.5 Å². The highest BCUT2D eigenvalue weighted by molar-refractivity contribution is 6.02. The van der Waals surface area contributed by atoms with Gasteiger partial charge in [-0.25, -0.2) is 0 Å². The minimum absolute atomic E-state index is 0.0718. The van der Waals surface area contributed by atoms with Crippen LogP contribution < -0.4 is 16.8 Å². The summed E-state index contributed by atoms with van der Waals surface area (Å²) in [4.78, 5) is 62.9. The largest absolute Gasteiger partial charge is 0.508 e. The quantitative estimate of drug-likeness (QED) is 0.169. The number of carboxylic acid groups (broad SMARTS) is 1. The fraction of sp³-hybridized carbons (Fsp3) is 0.542. The van der Waals surface area contributed by atoms with Crippen LogP contribution in [0, 0.1) is 5.92 Å². The Kier molecular flexibility index (Phi) is 12.6. The molecule has 11 heteroatoms. The van der Waals surface area contributed by atoms with Crippen molar-refractivity contribution in [2.75, 3.05) is 6.54 Å². The molecule has 3 amide bonds. The summed E-state index contributed by atoms with van der Waals surface area (Å²) in [6.07, 6.45) is 0.784. The predicted octanol–water partition coefficient (Wildman–Crippen LogP) is 0.319. The number of phenols is 1. The number of carbonyl (C=O) groups is 5. The van der Waals surface area contributed by atoms with E-state index in [1.54, 1.807) is 26.0 Å². The third-order valence-corrected chi connectivity index (χ3v) is 5.51. The maximum atomic E-state index is 13.3. The number of aromatic hydroxyl groups is 1. The Morgan fingerprint density at radius 1 is 1.11 bits per heavy atom. The zero-order valence-electron chi connectivity index (χ0n) is 20.2. The second kappa shape index (κ2) is 14.8. The highest BCUT2D eigenvalue weighted by Crippen LogP contribution is 2.18. The van der Waals surface area contributed by atoms with E-state index >= 15 is 0 Å². The Bertz CT molecular complexity index is 873. The van der Waals surface area contributed by atoms with Crippen molar-refractivity contribution >= 4 is 30.0 Å². The van der Waals surface area contributed by atoms with Crippen LogP contribution in [0.3, 0.4) is 0 Å². The Hall–Kier alpha value is -3.31. The van der Waals surface area contributed by atoms with E-state index < -0.39 is 48.2 Å². The first-order valence-corrected chi connectivity index (χ1v) is 11.6. The lowest BCUT2D eigenvalue weighted by Crippen LogP contribution is -2.58. The van der Waals surface area contributed by atoms with Crippen LogP contribution in [0.15, 0.2) is 24.3 Å². The van der Waals surface area contributed by atoms with Gasteiger partial charge in [-0.2, -0.15) is 0 Å². The molecule has 0 saturated heterocycles. The molecule has 11 nitrogen and oxygen atoms in total. The number of aliphatic carboxylic acids is 1. The number of carboxylic acids is 1. The van der Waals surface area contributed by atoms with E-state index in [0.29, 0.717) is 25.7 Å². The topological polar surface area (TPSA) is 193 Å². The van der Waals surface area contributed by atoms with Crippen LogP contribution in [0.4, 0.5) is 0 Å². The van der Waals surface area contributed by atoms with Gasteiger partial charge in [-0.05, 0) is 55.8 Å². The number of carbonyl (C=O) groups excluding carboxylic acids is 4. The van der Waals surface area contributed by atoms with E-state index in [-0.39, 0.29) is 30.9 Å². The van der Waals surface area contributed by atoms with Crippen LogP contribution in [0.2, 0.25) is 0 Å². The van der Waals surface area contributed by atoms with Gasteiger partial charge in [0.15, 0.2) is 0 Å². The average Bonchev–Trinajstić information content (AvgIpc) is 2.81. The predicted molar refractivity (Wildman–Crippen MR) is 128 cm³/mol. The first kappa shape index (κ1) is 29.7. The molecule has 0 bridgehead atoms. The molecule has 0 saturated carbocycles. The summed E-state index contributed by atoms with van der Waals surface area (Å²) in [6.45, 7) is 3.75. The molecular weight excluding hydrogens is 456 g/mol. The number of nitrogens with two attached hydrogens (primary N) is 2. The fourth-order valence-electron chi connectivity index (χ4n) is 3.39.